The van der Waals surface area contributed by atoms with Crippen LogP contribution in [0.5, 0.6) is 11.5 Å². The van der Waals surface area contributed by atoms with E-state index in [0.29, 0.717) is 37.0 Å². The first-order chi connectivity index (χ1) is 17.9. The minimum absolute atomic E-state index is 0.124. The number of carbonyl (C=O) groups excluding carboxylic acids is 1. The first-order valence-electron chi connectivity index (χ1n) is 13.8. The molecule has 0 aliphatic carbocycles. The highest BCUT2D eigenvalue weighted by atomic mass is 16.5. The van der Waals surface area contributed by atoms with E-state index in [-0.39, 0.29) is 5.91 Å². The van der Waals surface area contributed by atoms with Crippen molar-refractivity contribution in [2.75, 3.05) is 19.8 Å². The van der Waals surface area contributed by atoms with Crippen LogP contribution in [0.25, 0.3) is 11.1 Å². The number of benzene rings is 3. The summed E-state index contributed by atoms with van der Waals surface area (Å²) in [6.45, 7) is 12.5. The van der Waals surface area contributed by atoms with E-state index in [9.17, 15) is 4.79 Å². The Kier molecular flexibility index (Phi) is 11.1. The third-order valence-electron chi connectivity index (χ3n) is 6.60. The maximum atomic E-state index is 13.5. The van der Waals surface area contributed by atoms with Gasteiger partial charge in [-0.2, -0.15) is 0 Å². The first-order valence-corrected chi connectivity index (χ1v) is 13.8. The lowest BCUT2D eigenvalue weighted by molar-refractivity contribution is 0.0950. The maximum absolute atomic E-state index is 13.5. The van der Waals surface area contributed by atoms with Crippen LogP contribution in [0.1, 0.15) is 86.3 Å². The third kappa shape index (κ3) is 8.11. The van der Waals surface area contributed by atoms with Gasteiger partial charge in [0.1, 0.15) is 11.5 Å². The number of nitrogens with one attached hydrogen (secondary N) is 1. The predicted molar refractivity (Wildman–Crippen MR) is 154 cm³/mol. The molecule has 0 aliphatic rings. The third-order valence-corrected chi connectivity index (χ3v) is 6.60. The largest absolute Gasteiger partial charge is 0.493 e. The lowest BCUT2D eigenvalue weighted by Gasteiger charge is -2.20. The van der Waals surface area contributed by atoms with Crippen molar-refractivity contribution < 1.29 is 14.3 Å². The molecule has 0 unspecified atom stereocenters. The Hall–Kier alpha value is -3.27. The molecule has 1 amide bonds. The summed E-state index contributed by atoms with van der Waals surface area (Å²) >= 11 is 0. The number of rotatable bonds is 14. The lowest BCUT2D eigenvalue weighted by atomic mass is 9.92. The molecule has 4 heteroatoms. The van der Waals surface area contributed by atoms with Crippen LogP contribution < -0.4 is 14.8 Å². The van der Waals surface area contributed by atoms with Gasteiger partial charge in [-0.15, -0.1) is 0 Å². The monoisotopic (exact) mass is 501 g/mol. The van der Waals surface area contributed by atoms with Crippen LogP contribution in [-0.2, 0) is 6.42 Å². The van der Waals surface area contributed by atoms with Crippen molar-refractivity contribution in [1.82, 2.24) is 5.32 Å². The normalized spacial score (nSPS) is 11.0. The van der Waals surface area contributed by atoms with Gasteiger partial charge < -0.3 is 14.8 Å². The molecule has 0 bridgehead atoms. The molecule has 0 aliphatic heterocycles. The average Bonchev–Trinajstić information content (AvgIpc) is 2.90. The number of ether oxygens (including phenoxy) is 2. The predicted octanol–water partition coefficient (Wildman–Crippen LogP) is 8.12. The number of carbonyl (C=O) groups is 1. The minimum Gasteiger partial charge on any atom is -0.493 e. The Morgan fingerprint density at radius 3 is 2.16 bits per heavy atom. The second kappa shape index (κ2) is 14.5. The number of aryl methyl sites for hydroxylation is 1. The number of hydrogen-bond donors (Lipinski definition) is 1. The molecule has 0 atom stereocenters. The topological polar surface area (TPSA) is 47.6 Å². The summed E-state index contributed by atoms with van der Waals surface area (Å²) in [6.07, 6.45) is 4.76. The van der Waals surface area contributed by atoms with Gasteiger partial charge in [0, 0.05) is 18.2 Å². The summed E-state index contributed by atoms with van der Waals surface area (Å²) in [5.41, 5.74) is 6.19. The van der Waals surface area contributed by atoms with E-state index in [4.69, 9.17) is 9.47 Å². The molecule has 3 aromatic carbocycles. The van der Waals surface area contributed by atoms with Gasteiger partial charge in [-0.1, -0.05) is 89.1 Å². The molecular formula is C33H43NO3. The molecular weight excluding hydrogens is 458 g/mol. The Labute approximate surface area is 223 Å². The molecule has 1 N–H and O–H groups in total. The molecule has 0 radical (unpaired) electrons. The van der Waals surface area contributed by atoms with E-state index >= 15 is 0 Å². The summed E-state index contributed by atoms with van der Waals surface area (Å²) in [5.74, 6) is 1.63. The second-order valence-electron chi connectivity index (χ2n) is 9.97. The van der Waals surface area contributed by atoms with Crippen LogP contribution in [0.3, 0.4) is 0 Å². The average molecular weight is 502 g/mol. The van der Waals surface area contributed by atoms with Crippen LogP contribution >= 0.6 is 0 Å². The zero-order chi connectivity index (χ0) is 26.6. The number of hydrogen-bond acceptors (Lipinski definition) is 3. The van der Waals surface area contributed by atoms with Crippen LogP contribution in [0.15, 0.2) is 60.7 Å². The van der Waals surface area contributed by atoms with E-state index in [0.717, 1.165) is 54.5 Å². The molecule has 3 aromatic rings. The van der Waals surface area contributed by atoms with Gasteiger partial charge in [0.15, 0.2) is 0 Å². The minimum atomic E-state index is -0.124. The molecule has 0 fully saturated rings. The van der Waals surface area contributed by atoms with E-state index in [1.54, 1.807) is 0 Å². The van der Waals surface area contributed by atoms with Crippen LogP contribution in [0.2, 0.25) is 0 Å². The van der Waals surface area contributed by atoms with E-state index in [1.807, 2.05) is 30.3 Å². The van der Waals surface area contributed by atoms with Gasteiger partial charge in [0.2, 0.25) is 0 Å². The van der Waals surface area contributed by atoms with Gasteiger partial charge in [0.25, 0.3) is 5.91 Å². The van der Waals surface area contributed by atoms with Crippen molar-refractivity contribution in [1.29, 1.82) is 0 Å². The van der Waals surface area contributed by atoms with Crippen molar-refractivity contribution in [3.63, 3.8) is 0 Å². The molecule has 0 saturated carbocycles. The fraction of sp³-hybridized carbons (Fsp3) is 0.424. The molecule has 0 saturated heterocycles. The Bertz CT molecular complexity index is 1140. The lowest BCUT2D eigenvalue weighted by Crippen LogP contribution is -2.26. The fourth-order valence-corrected chi connectivity index (χ4v) is 4.19. The zero-order valence-electron chi connectivity index (χ0n) is 23.2. The fourth-order valence-electron chi connectivity index (χ4n) is 4.19. The van der Waals surface area contributed by atoms with Gasteiger partial charge in [0.05, 0.1) is 18.8 Å². The summed E-state index contributed by atoms with van der Waals surface area (Å²) < 4.78 is 12.4. The van der Waals surface area contributed by atoms with Gasteiger partial charge in [-0.3, -0.25) is 4.79 Å². The second-order valence-corrected chi connectivity index (χ2v) is 9.97. The SMILES string of the molecule is CCCCOc1cc(OCCCC)c(-c2cc(C(C)C)ccc2C)cc1C(=O)NCCc1ccccc1. The van der Waals surface area contributed by atoms with Crippen molar-refractivity contribution >= 4 is 5.91 Å². The van der Waals surface area contributed by atoms with Crippen molar-refractivity contribution in [2.24, 2.45) is 0 Å². The Morgan fingerprint density at radius 1 is 0.838 bits per heavy atom. The Morgan fingerprint density at radius 2 is 1.51 bits per heavy atom. The molecule has 3 rings (SSSR count). The summed E-state index contributed by atoms with van der Waals surface area (Å²) in [6, 6.07) is 20.7. The highest BCUT2D eigenvalue weighted by Crippen LogP contribution is 2.39. The summed E-state index contributed by atoms with van der Waals surface area (Å²) in [7, 11) is 0. The molecule has 4 nitrogen and oxygen atoms in total. The highest BCUT2D eigenvalue weighted by Gasteiger charge is 2.20. The van der Waals surface area contributed by atoms with E-state index in [1.165, 1.54) is 11.1 Å². The first kappa shape index (κ1) is 28.3. The maximum Gasteiger partial charge on any atom is 0.255 e. The standard InChI is InChI=1S/C33H43NO3/c1-6-8-19-36-31-23-32(37-20-9-7-2)30(33(35)34-18-17-26-13-11-10-12-14-26)22-29(31)28-21-27(24(3)4)16-15-25(28)5/h10-16,21-24H,6-9,17-20H2,1-5H3,(H,34,35). The quantitative estimate of drug-likeness (QED) is 0.227. The van der Waals surface area contributed by atoms with E-state index in [2.05, 4.69) is 70.3 Å². The van der Waals surface area contributed by atoms with Gasteiger partial charge >= 0.3 is 0 Å². The molecule has 198 valence electrons. The van der Waals surface area contributed by atoms with Gasteiger partial charge in [-0.25, -0.2) is 0 Å². The number of amides is 1. The molecule has 0 aromatic heterocycles. The molecule has 0 heterocycles. The van der Waals surface area contributed by atoms with Crippen molar-refractivity contribution in [3.05, 3.63) is 82.9 Å². The van der Waals surface area contributed by atoms with Crippen LogP contribution in [0.4, 0.5) is 0 Å². The highest BCUT2D eigenvalue weighted by molar-refractivity contribution is 5.99. The van der Waals surface area contributed by atoms with Crippen molar-refractivity contribution in [3.8, 4) is 22.6 Å². The zero-order valence-corrected chi connectivity index (χ0v) is 23.2. The van der Waals surface area contributed by atoms with Gasteiger partial charge in [-0.05, 0) is 60.4 Å². The summed E-state index contributed by atoms with van der Waals surface area (Å²) in [4.78, 5) is 13.5. The smallest absolute Gasteiger partial charge is 0.255 e. The van der Waals surface area contributed by atoms with Crippen molar-refractivity contribution in [2.45, 2.75) is 72.6 Å². The van der Waals surface area contributed by atoms with Crippen LogP contribution in [0, 0.1) is 6.92 Å². The van der Waals surface area contributed by atoms with Crippen LogP contribution in [-0.4, -0.2) is 25.7 Å². The number of unbranched alkanes of at least 4 members (excludes halogenated alkanes) is 2. The molecule has 37 heavy (non-hydrogen) atoms. The Balaban J connectivity index is 2.01. The summed E-state index contributed by atoms with van der Waals surface area (Å²) in [5, 5.41) is 3.11. The van der Waals surface area contributed by atoms with E-state index < -0.39 is 0 Å². The molecule has 0 spiro atoms.